The SMILES string of the molecule is O=C1C=CC2=C(CC3C2CCC2C4CCCCC4CC32)C1=O. The second-order valence-electron chi connectivity index (χ2n) is 8.28. The van der Waals surface area contributed by atoms with Crippen molar-refractivity contribution in [2.24, 2.45) is 35.5 Å². The smallest absolute Gasteiger partial charge is 0.229 e. The van der Waals surface area contributed by atoms with Gasteiger partial charge < -0.3 is 0 Å². The molecule has 0 aromatic heterocycles. The predicted octanol–water partition coefficient (Wildman–Crippen LogP) is 3.86. The average molecular weight is 296 g/mol. The fraction of sp³-hybridized carbons (Fsp3) is 0.700. The van der Waals surface area contributed by atoms with Gasteiger partial charge in [0.2, 0.25) is 11.6 Å². The molecule has 6 unspecified atom stereocenters. The minimum absolute atomic E-state index is 0.195. The Kier molecular flexibility index (Phi) is 2.81. The van der Waals surface area contributed by atoms with E-state index in [1.165, 1.54) is 56.6 Å². The summed E-state index contributed by atoms with van der Waals surface area (Å²) in [6, 6.07) is 0. The molecule has 0 radical (unpaired) electrons. The maximum absolute atomic E-state index is 12.2. The van der Waals surface area contributed by atoms with Crippen LogP contribution in [0.25, 0.3) is 0 Å². The summed E-state index contributed by atoms with van der Waals surface area (Å²) in [5, 5.41) is 0. The third kappa shape index (κ3) is 1.67. The molecule has 3 fully saturated rings. The molecule has 0 heterocycles. The lowest BCUT2D eigenvalue weighted by atomic mass is 9.65. The molecule has 0 N–H and O–H groups in total. The second kappa shape index (κ2) is 4.66. The zero-order valence-corrected chi connectivity index (χ0v) is 13.1. The highest BCUT2D eigenvalue weighted by Gasteiger charge is 2.53. The Labute approximate surface area is 132 Å². The molecule has 2 nitrogen and oxygen atoms in total. The summed E-state index contributed by atoms with van der Waals surface area (Å²) in [5.74, 6) is 4.43. The first-order chi connectivity index (χ1) is 10.7. The zero-order chi connectivity index (χ0) is 14.8. The molecule has 5 aliphatic rings. The Morgan fingerprint density at radius 2 is 1.68 bits per heavy atom. The Hall–Kier alpha value is -1.18. The zero-order valence-electron chi connectivity index (χ0n) is 13.1. The van der Waals surface area contributed by atoms with Crippen LogP contribution >= 0.6 is 0 Å². The second-order valence-corrected chi connectivity index (χ2v) is 8.28. The van der Waals surface area contributed by atoms with Crippen molar-refractivity contribution in [1.82, 2.24) is 0 Å². The van der Waals surface area contributed by atoms with E-state index in [9.17, 15) is 9.59 Å². The van der Waals surface area contributed by atoms with Gasteiger partial charge in [0.15, 0.2) is 0 Å². The van der Waals surface area contributed by atoms with Crippen molar-refractivity contribution >= 4 is 11.6 Å². The Morgan fingerprint density at radius 3 is 2.59 bits per heavy atom. The highest BCUT2D eigenvalue weighted by molar-refractivity contribution is 6.48. The van der Waals surface area contributed by atoms with Crippen LogP contribution < -0.4 is 0 Å². The van der Waals surface area contributed by atoms with E-state index in [0.29, 0.717) is 11.8 Å². The number of hydrogen-bond donors (Lipinski definition) is 0. The van der Waals surface area contributed by atoms with Gasteiger partial charge >= 0.3 is 0 Å². The number of carbonyl (C=O) groups is 2. The lowest BCUT2D eigenvalue weighted by Crippen LogP contribution is -2.32. The molecule has 5 aliphatic carbocycles. The van der Waals surface area contributed by atoms with Crippen molar-refractivity contribution in [2.45, 2.75) is 51.4 Å². The minimum Gasteiger partial charge on any atom is -0.286 e. The van der Waals surface area contributed by atoms with E-state index in [1.807, 2.05) is 6.08 Å². The number of ketones is 2. The fourth-order valence-electron chi connectivity index (χ4n) is 6.83. The quantitative estimate of drug-likeness (QED) is 0.502. The van der Waals surface area contributed by atoms with Crippen molar-refractivity contribution in [3.63, 3.8) is 0 Å². The van der Waals surface area contributed by atoms with E-state index >= 15 is 0 Å². The largest absolute Gasteiger partial charge is 0.286 e. The van der Waals surface area contributed by atoms with E-state index in [2.05, 4.69) is 0 Å². The predicted molar refractivity (Wildman–Crippen MR) is 84.1 cm³/mol. The van der Waals surface area contributed by atoms with E-state index in [0.717, 1.165) is 35.7 Å². The summed E-state index contributed by atoms with van der Waals surface area (Å²) in [6.45, 7) is 0. The lowest BCUT2D eigenvalue weighted by molar-refractivity contribution is -0.131. The van der Waals surface area contributed by atoms with Gasteiger partial charge in [-0.3, -0.25) is 9.59 Å². The summed E-state index contributed by atoms with van der Waals surface area (Å²) in [7, 11) is 0. The molecule has 116 valence electrons. The van der Waals surface area contributed by atoms with Gasteiger partial charge in [-0.2, -0.15) is 0 Å². The van der Waals surface area contributed by atoms with Gasteiger partial charge in [-0.15, -0.1) is 0 Å². The molecular weight excluding hydrogens is 272 g/mol. The van der Waals surface area contributed by atoms with Crippen molar-refractivity contribution < 1.29 is 9.59 Å². The number of rotatable bonds is 0. The van der Waals surface area contributed by atoms with Crippen LogP contribution in [-0.4, -0.2) is 11.6 Å². The van der Waals surface area contributed by atoms with Gasteiger partial charge in [0.25, 0.3) is 0 Å². The van der Waals surface area contributed by atoms with Gasteiger partial charge in [-0.05, 0) is 79.3 Å². The summed E-state index contributed by atoms with van der Waals surface area (Å²) in [4.78, 5) is 23.9. The monoisotopic (exact) mass is 296 g/mol. The molecule has 0 bridgehead atoms. The summed E-state index contributed by atoms with van der Waals surface area (Å²) in [5.41, 5.74) is 2.13. The summed E-state index contributed by atoms with van der Waals surface area (Å²) < 4.78 is 0. The first-order valence-electron chi connectivity index (χ1n) is 9.24. The first-order valence-corrected chi connectivity index (χ1v) is 9.24. The topological polar surface area (TPSA) is 34.1 Å². The number of hydrogen-bond acceptors (Lipinski definition) is 2. The highest BCUT2D eigenvalue weighted by atomic mass is 16.2. The number of Topliss-reactive ketones (excluding diaryl/α,β-unsaturated/α-hetero) is 1. The third-order valence-electron chi connectivity index (χ3n) is 7.62. The standard InChI is InChI=1S/C20H24O2/c21-19-8-7-15-14-6-5-13-12-4-2-1-3-11(12)9-16(13)17(14)10-18(15)20(19)22/h7-8,11-14,16-17H,1-6,9-10H2. The molecule has 3 saturated carbocycles. The van der Waals surface area contributed by atoms with E-state index in [1.54, 1.807) is 0 Å². The summed E-state index contributed by atoms with van der Waals surface area (Å²) >= 11 is 0. The van der Waals surface area contributed by atoms with Gasteiger partial charge in [0.1, 0.15) is 0 Å². The van der Waals surface area contributed by atoms with Crippen molar-refractivity contribution in [2.75, 3.05) is 0 Å². The minimum atomic E-state index is -0.297. The van der Waals surface area contributed by atoms with Crippen LogP contribution in [0, 0.1) is 35.5 Å². The highest BCUT2D eigenvalue weighted by Crippen LogP contribution is 2.61. The molecule has 6 atom stereocenters. The third-order valence-corrected chi connectivity index (χ3v) is 7.62. The molecule has 0 spiro atoms. The molecule has 0 saturated heterocycles. The number of fused-ring (bicyclic) bond motifs is 6. The Morgan fingerprint density at radius 1 is 0.818 bits per heavy atom. The number of allylic oxidation sites excluding steroid dienone is 4. The molecular formula is C20H24O2. The van der Waals surface area contributed by atoms with Gasteiger partial charge in [0.05, 0.1) is 0 Å². The lowest BCUT2D eigenvalue weighted by Gasteiger charge is -2.39. The maximum atomic E-state index is 12.2. The van der Waals surface area contributed by atoms with Crippen molar-refractivity contribution in [3.05, 3.63) is 23.3 Å². The molecule has 5 rings (SSSR count). The molecule has 0 aliphatic heterocycles. The molecule has 0 aromatic carbocycles. The van der Waals surface area contributed by atoms with Crippen LogP contribution in [0.1, 0.15) is 51.4 Å². The summed E-state index contributed by atoms with van der Waals surface area (Å²) in [6.07, 6.45) is 14.2. The maximum Gasteiger partial charge on any atom is 0.229 e. The Bertz CT molecular complexity index is 611. The Balaban J connectivity index is 1.45. The number of carbonyl (C=O) groups excluding carboxylic acids is 2. The van der Waals surface area contributed by atoms with Crippen LogP contribution in [0.3, 0.4) is 0 Å². The first kappa shape index (κ1) is 13.3. The molecule has 0 aromatic rings. The van der Waals surface area contributed by atoms with Crippen LogP contribution in [0.5, 0.6) is 0 Å². The average Bonchev–Trinajstić information content (AvgIpc) is 3.09. The molecule has 22 heavy (non-hydrogen) atoms. The van der Waals surface area contributed by atoms with Crippen molar-refractivity contribution in [3.8, 4) is 0 Å². The normalized spacial score (nSPS) is 46.4. The fourth-order valence-corrected chi connectivity index (χ4v) is 6.83. The molecule has 2 heteroatoms. The van der Waals surface area contributed by atoms with E-state index in [-0.39, 0.29) is 11.6 Å². The van der Waals surface area contributed by atoms with E-state index in [4.69, 9.17) is 0 Å². The van der Waals surface area contributed by atoms with Crippen LogP contribution in [0.4, 0.5) is 0 Å². The van der Waals surface area contributed by atoms with Gasteiger partial charge in [0, 0.05) is 5.57 Å². The van der Waals surface area contributed by atoms with Crippen LogP contribution in [0.2, 0.25) is 0 Å². The van der Waals surface area contributed by atoms with Crippen LogP contribution in [-0.2, 0) is 9.59 Å². The van der Waals surface area contributed by atoms with Gasteiger partial charge in [-0.1, -0.05) is 25.3 Å². The molecule has 0 amide bonds. The van der Waals surface area contributed by atoms with Crippen molar-refractivity contribution in [1.29, 1.82) is 0 Å². The van der Waals surface area contributed by atoms with E-state index < -0.39 is 0 Å². The van der Waals surface area contributed by atoms with Crippen LogP contribution in [0.15, 0.2) is 23.3 Å². The van der Waals surface area contributed by atoms with Gasteiger partial charge in [-0.25, -0.2) is 0 Å².